The molecule has 92 valence electrons. The number of aliphatic carboxylic acids is 1. The number of carbonyl (C=O) groups excluding carboxylic acids is 1. The molecule has 0 radical (unpaired) electrons. The highest BCUT2D eigenvalue weighted by atomic mass is 16.5. The predicted molar refractivity (Wildman–Crippen MR) is 62.2 cm³/mol. The Bertz CT molecular complexity index is 413. The lowest BCUT2D eigenvalue weighted by atomic mass is 10.1. The van der Waals surface area contributed by atoms with Crippen molar-refractivity contribution in [1.82, 2.24) is 4.90 Å². The number of hydrogen-bond acceptors (Lipinski definition) is 3. The van der Waals surface area contributed by atoms with Crippen LogP contribution in [0.25, 0.3) is 0 Å². The molecule has 0 heterocycles. The number of ether oxygens (including phenoxy) is 1. The van der Waals surface area contributed by atoms with E-state index >= 15 is 0 Å². The van der Waals surface area contributed by atoms with Crippen molar-refractivity contribution in [3.63, 3.8) is 0 Å². The molecular weight excluding hydrogens is 222 g/mol. The third-order valence-electron chi connectivity index (χ3n) is 2.60. The second-order valence-corrected chi connectivity index (χ2v) is 3.66. The topological polar surface area (TPSA) is 66.8 Å². The average Bonchev–Trinajstić information content (AvgIpc) is 2.36. The number of methoxy groups -OCH3 is 1. The zero-order chi connectivity index (χ0) is 13.0. The molecule has 0 aliphatic rings. The van der Waals surface area contributed by atoms with E-state index in [4.69, 9.17) is 9.84 Å². The number of benzene rings is 1. The zero-order valence-electron chi connectivity index (χ0n) is 10.0. The third-order valence-corrected chi connectivity index (χ3v) is 2.60. The first-order valence-corrected chi connectivity index (χ1v) is 5.11. The standard InChI is InChI=1S/C12H15NO4/c1-8(12(15)16)13(2)11(14)9-4-6-10(17-3)7-5-9/h4-8H,1-3H3,(H,15,16). The molecule has 0 aromatic heterocycles. The predicted octanol–water partition coefficient (Wildman–Crippen LogP) is 1.24. The zero-order valence-corrected chi connectivity index (χ0v) is 10.0. The Morgan fingerprint density at radius 2 is 1.82 bits per heavy atom. The molecule has 1 aromatic rings. The fourth-order valence-electron chi connectivity index (χ4n) is 1.28. The fraction of sp³-hybridized carbons (Fsp3) is 0.333. The Balaban J connectivity index is 2.85. The van der Waals surface area contributed by atoms with Crippen LogP contribution in [-0.4, -0.2) is 42.1 Å². The van der Waals surface area contributed by atoms with E-state index in [1.165, 1.54) is 26.0 Å². The molecule has 0 aliphatic heterocycles. The first kappa shape index (κ1) is 13.0. The van der Waals surface area contributed by atoms with Crippen molar-refractivity contribution < 1.29 is 19.4 Å². The summed E-state index contributed by atoms with van der Waals surface area (Å²) in [5, 5.41) is 8.82. The molecule has 0 spiro atoms. The molecule has 1 unspecified atom stereocenters. The summed E-state index contributed by atoms with van der Waals surface area (Å²) in [7, 11) is 3.00. The van der Waals surface area contributed by atoms with Crippen molar-refractivity contribution in [2.45, 2.75) is 13.0 Å². The maximum atomic E-state index is 11.9. The molecule has 1 aromatic carbocycles. The number of amides is 1. The Morgan fingerprint density at radius 1 is 1.29 bits per heavy atom. The molecule has 0 bridgehead atoms. The molecular formula is C12H15NO4. The van der Waals surface area contributed by atoms with Gasteiger partial charge in [-0.05, 0) is 31.2 Å². The molecule has 0 aliphatic carbocycles. The van der Waals surface area contributed by atoms with E-state index in [1.54, 1.807) is 24.3 Å². The van der Waals surface area contributed by atoms with Gasteiger partial charge in [-0.3, -0.25) is 4.79 Å². The summed E-state index contributed by atoms with van der Waals surface area (Å²) in [5.74, 6) is -0.715. The van der Waals surface area contributed by atoms with Crippen LogP contribution in [0.5, 0.6) is 5.75 Å². The van der Waals surface area contributed by atoms with Crippen LogP contribution in [0.4, 0.5) is 0 Å². The summed E-state index contributed by atoms with van der Waals surface area (Å²) >= 11 is 0. The molecule has 5 nitrogen and oxygen atoms in total. The number of likely N-dealkylation sites (N-methyl/N-ethyl adjacent to an activating group) is 1. The van der Waals surface area contributed by atoms with Gasteiger partial charge in [0.2, 0.25) is 0 Å². The number of carbonyl (C=O) groups is 2. The number of carboxylic acid groups (broad SMARTS) is 1. The van der Waals surface area contributed by atoms with E-state index in [1.807, 2.05) is 0 Å². The van der Waals surface area contributed by atoms with E-state index in [0.717, 1.165) is 0 Å². The molecule has 1 N–H and O–H groups in total. The Kier molecular flexibility index (Phi) is 4.09. The summed E-state index contributed by atoms with van der Waals surface area (Å²) in [6.45, 7) is 1.46. The Hall–Kier alpha value is -2.04. The van der Waals surface area contributed by atoms with Gasteiger partial charge in [0.15, 0.2) is 0 Å². The second-order valence-electron chi connectivity index (χ2n) is 3.66. The van der Waals surface area contributed by atoms with E-state index in [-0.39, 0.29) is 5.91 Å². The summed E-state index contributed by atoms with van der Waals surface area (Å²) in [6.07, 6.45) is 0. The number of nitrogens with zero attached hydrogens (tertiary/aromatic N) is 1. The van der Waals surface area contributed by atoms with Gasteiger partial charge >= 0.3 is 5.97 Å². The lowest BCUT2D eigenvalue weighted by molar-refractivity contribution is -0.141. The minimum atomic E-state index is -1.03. The highest BCUT2D eigenvalue weighted by molar-refractivity contribution is 5.96. The molecule has 5 heteroatoms. The SMILES string of the molecule is COc1ccc(C(=O)N(C)C(C)C(=O)O)cc1. The Morgan fingerprint density at radius 3 is 2.24 bits per heavy atom. The van der Waals surface area contributed by atoms with E-state index in [2.05, 4.69) is 0 Å². The van der Waals surface area contributed by atoms with Crippen LogP contribution in [0.3, 0.4) is 0 Å². The van der Waals surface area contributed by atoms with Gasteiger partial charge in [0, 0.05) is 12.6 Å². The normalized spacial score (nSPS) is 11.7. The van der Waals surface area contributed by atoms with Gasteiger partial charge < -0.3 is 14.7 Å². The average molecular weight is 237 g/mol. The molecule has 0 saturated carbocycles. The smallest absolute Gasteiger partial charge is 0.326 e. The third kappa shape index (κ3) is 2.96. The van der Waals surface area contributed by atoms with Gasteiger partial charge in [0.05, 0.1) is 7.11 Å². The van der Waals surface area contributed by atoms with Crippen molar-refractivity contribution in [2.24, 2.45) is 0 Å². The van der Waals surface area contributed by atoms with Gasteiger partial charge in [-0.2, -0.15) is 0 Å². The number of hydrogen-bond donors (Lipinski definition) is 1. The molecule has 0 fully saturated rings. The summed E-state index contributed by atoms with van der Waals surface area (Å²) in [6, 6.07) is 5.67. The van der Waals surface area contributed by atoms with Crippen molar-refractivity contribution in [3.8, 4) is 5.75 Å². The Labute approximate surface area is 99.6 Å². The van der Waals surface area contributed by atoms with Crippen molar-refractivity contribution in [3.05, 3.63) is 29.8 Å². The minimum Gasteiger partial charge on any atom is -0.497 e. The van der Waals surface area contributed by atoms with Gasteiger partial charge in [-0.15, -0.1) is 0 Å². The lowest BCUT2D eigenvalue weighted by Gasteiger charge is -2.21. The van der Waals surface area contributed by atoms with Crippen LogP contribution in [0.15, 0.2) is 24.3 Å². The summed E-state index contributed by atoms with van der Waals surface area (Å²) < 4.78 is 4.98. The molecule has 1 rings (SSSR count). The maximum Gasteiger partial charge on any atom is 0.326 e. The molecule has 1 atom stereocenters. The summed E-state index contributed by atoms with van der Waals surface area (Å²) in [5.41, 5.74) is 0.432. The van der Waals surface area contributed by atoms with Crippen LogP contribution in [0, 0.1) is 0 Å². The van der Waals surface area contributed by atoms with Gasteiger partial charge in [-0.25, -0.2) is 4.79 Å². The van der Waals surface area contributed by atoms with Crippen molar-refractivity contribution >= 4 is 11.9 Å². The monoisotopic (exact) mass is 237 g/mol. The maximum absolute atomic E-state index is 11.9. The second kappa shape index (κ2) is 5.34. The van der Waals surface area contributed by atoms with Crippen LogP contribution in [0.2, 0.25) is 0 Å². The highest BCUT2D eigenvalue weighted by Crippen LogP contribution is 2.13. The van der Waals surface area contributed by atoms with Crippen molar-refractivity contribution in [1.29, 1.82) is 0 Å². The molecule has 17 heavy (non-hydrogen) atoms. The largest absolute Gasteiger partial charge is 0.497 e. The van der Waals surface area contributed by atoms with E-state index in [0.29, 0.717) is 11.3 Å². The van der Waals surface area contributed by atoms with Gasteiger partial charge in [0.1, 0.15) is 11.8 Å². The van der Waals surface area contributed by atoms with Crippen LogP contribution >= 0.6 is 0 Å². The molecule has 1 amide bonds. The van der Waals surface area contributed by atoms with Gasteiger partial charge in [0.25, 0.3) is 5.91 Å². The van der Waals surface area contributed by atoms with Crippen LogP contribution in [-0.2, 0) is 4.79 Å². The van der Waals surface area contributed by atoms with Crippen molar-refractivity contribution in [2.75, 3.05) is 14.2 Å². The first-order valence-electron chi connectivity index (χ1n) is 5.11. The van der Waals surface area contributed by atoms with Crippen LogP contribution in [0.1, 0.15) is 17.3 Å². The summed E-state index contributed by atoms with van der Waals surface area (Å²) in [4.78, 5) is 23.9. The number of rotatable bonds is 4. The van der Waals surface area contributed by atoms with E-state index in [9.17, 15) is 9.59 Å². The van der Waals surface area contributed by atoms with Gasteiger partial charge in [-0.1, -0.05) is 0 Å². The minimum absolute atomic E-state index is 0.331. The quantitative estimate of drug-likeness (QED) is 0.855. The molecule has 0 saturated heterocycles. The lowest BCUT2D eigenvalue weighted by Crippen LogP contribution is -2.40. The highest BCUT2D eigenvalue weighted by Gasteiger charge is 2.22. The fourth-order valence-corrected chi connectivity index (χ4v) is 1.28. The number of carboxylic acids is 1. The van der Waals surface area contributed by atoms with E-state index < -0.39 is 12.0 Å². The van der Waals surface area contributed by atoms with Crippen LogP contribution < -0.4 is 4.74 Å². The first-order chi connectivity index (χ1) is 7.97.